The lowest BCUT2D eigenvalue weighted by Crippen LogP contribution is -2.19. The van der Waals surface area contributed by atoms with E-state index in [4.69, 9.17) is 5.11 Å². The third-order valence-electron chi connectivity index (χ3n) is 5.20. The lowest BCUT2D eigenvalue weighted by atomic mass is 10.0. The van der Waals surface area contributed by atoms with Crippen LogP contribution in [0, 0.1) is 0 Å². The smallest absolute Gasteiger partial charge is 0.335 e. The highest BCUT2D eigenvalue weighted by Crippen LogP contribution is 2.30. The molecular weight excluding hydrogens is 410 g/mol. The maximum absolute atomic E-state index is 12.1. The summed E-state index contributed by atoms with van der Waals surface area (Å²) in [6.07, 6.45) is 1.56. The number of carboxylic acid groups (broad SMARTS) is 1. The fourth-order valence-electron chi connectivity index (χ4n) is 3.53. The molecule has 0 bridgehead atoms. The molecule has 0 saturated heterocycles. The number of hydrogen-bond donors (Lipinski definition) is 2. The lowest BCUT2D eigenvalue weighted by Gasteiger charge is -2.21. The number of carboxylic acids is 1. The predicted octanol–water partition coefficient (Wildman–Crippen LogP) is 5.60. The van der Waals surface area contributed by atoms with E-state index in [0.29, 0.717) is 11.4 Å². The molecule has 6 heteroatoms. The van der Waals surface area contributed by atoms with E-state index < -0.39 is 17.2 Å². The summed E-state index contributed by atoms with van der Waals surface area (Å²) in [6, 6.07) is 28.0. The summed E-state index contributed by atoms with van der Waals surface area (Å²) in [5, 5.41) is 11.1. The Hall–Kier alpha value is -3.48. The highest BCUT2D eigenvalue weighted by atomic mass is 32.2. The van der Waals surface area contributed by atoms with Crippen LogP contribution in [-0.4, -0.2) is 19.8 Å². The van der Waals surface area contributed by atoms with Gasteiger partial charge in [-0.25, -0.2) is 13.3 Å². The SMILES string of the molecule is O=C(O)c1ccc(CCc2ccc(N(c3ccc4ccccc4c3)S(=O)O)cc2)cc1. The molecule has 0 saturated carbocycles. The molecule has 0 fully saturated rings. The summed E-state index contributed by atoms with van der Waals surface area (Å²) in [5.74, 6) is -0.931. The molecule has 4 aromatic rings. The number of carbonyl (C=O) groups is 1. The van der Waals surface area contributed by atoms with Gasteiger partial charge in [0.25, 0.3) is 11.3 Å². The number of aryl methyl sites for hydroxylation is 2. The lowest BCUT2D eigenvalue weighted by molar-refractivity contribution is 0.0697. The van der Waals surface area contributed by atoms with Crippen molar-refractivity contribution in [3.8, 4) is 0 Å². The van der Waals surface area contributed by atoms with Crippen LogP contribution in [0.15, 0.2) is 91.0 Å². The molecule has 4 aromatic carbocycles. The minimum Gasteiger partial charge on any atom is -0.478 e. The Balaban J connectivity index is 1.50. The van der Waals surface area contributed by atoms with Gasteiger partial charge in [0.2, 0.25) is 0 Å². The van der Waals surface area contributed by atoms with Crippen molar-refractivity contribution >= 4 is 39.4 Å². The van der Waals surface area contributed by atoms with Crippen molar-refractivity contribution in [2.45, 2.75) is 12.8 Å². The zero-order valence-electron chi connectivity index (χ0n) is 16.6. The van der Waals surface area contributed by atoms with Crippen LogP contribution in [0.1, 0.15) is 21.5 Å². The van der Waals surface area contributed by atoms with E-state index in [2.05, 4.69) is 0 Å². The summed E-state index contributed by atoms with van der Waals surface area (Å²) in [7, 11) is 0. The van der Waals surface area contributed by atoms with Crippen LogP contribution in [-0.2, 0) is 24.1 Å². The predicted molar refractivity (Wildman–Crippen MR) is 124 cm³/mol. The van der Waals surface area contributed by atoms with Gasteiger partial charge in [-0.15, -0.1) is 0 Å². The van der Waals surface area contributed by atoms with Crippen LogP contribution in [0.5, 0.6) is 0 Å². The van der Waals surface area contributed by atoms with E-state index in [1.54, 1.807) is 12.1 Å². The monoisotopic (exact) mass is 431 g/mol. The van der Waals surface area contributed by atoms with E-state index in [9.17, 15) is 13.6 Å². The zero-order valence-corrected chi connectivity index (χ0v) is 17.5. The molecule has 0 heterocycles. The first-order chi connectivity index (χ1) is 15.0. The summed E-state index contributed by atoms with van der Waals surface area (Å²) < 4.78 is 23.4. The summed E-state index contributed by atoms with van der Waals surface area (Å²) in [6.45, 7) is 0. The van der Waals surface area contributed by atoms with Crippen LogP contribution in [0.25, 0.3) is 10.8 Å². The van der Waals surface area contributed by atoms with Gasteiger partial charge in [0.05, 0.1) is 16.9 Å². The molecule has 1 unspecified atom stereocenters. The molecule has 0 aliphatic heterocycles. The molecule has 2 N–H and O–H groups in total. The van der Waals surface area contributed by atoms with E-state index in [-0.39, 0.29) is 5.56 Å². The van der Waals surface area contributed by atoms with Crippen molar-refractivity contribution in [3.63, 3.8) is 0 Å². The van der Waals surface area contributed by atoms with Crippen molar-refractivity contribution in [3.05, 3.63) is 108 Å². The first-order valence-electron chi connectivity index (χ1n) is 9.82. The van der Waals surface area contributed by atoms with E-state index in [0.717, 1.165) is 34.7 Å². The van der Waals surface area contributed by atoms with Gasteiger partial charge < -0.3 is 5.11 Å². The van der Waals surface area contributed by atoms with Crippen molar-refractivity contribution in [2.24, 2.45) is 0 Å². The highest BCUT2D eigenvalue weighted by molar-refractivity contribution is 7.81. The Labute approximate surface area is 183 Å². The van der Waals surface area contributed by atoms with E-state index >= 15 is 0 Å². The highest BCUT2D eigenvalue weighted by Gasteiger charge is 2.15. The molecule has 0 amide bonds. The number of hydrogen-bond acceptors (Lipinski definition) is 2. The molecule has 4 rings (SSSR count). The summed E-state index contributed by atoms with van der Waals surface area (Å²) >= 11 is -2.21. The first-order valence-corrected chi connectivity index (χ1v) is 10.9. The van der Waals surface area contributed by atoms with E-state index in [1.807, 2.05) is 78.9 Å². The van der Waals surface area contributed by atoms with Gasteiger partial charge in [-0.05, 0) is 71.1 Å². The van der Waals surface area contributed by atoms with Gasteiger partial charge in [0.1, 0.15) is 0 Å². The van der Waals surface area contributed by atoms with Crippen LogP contribution in [0.2, 0.25) is 0 Å². The number of rotatable bonds is 7. The second kappa shape index (κ2) is 9.12. The topological polar surface area (TPSA) is 77.8 Å². The van der Waals surface area contributed by atoms with Crippen molar-refractivity contribution in [1.29, 1.82) is 0 Å². The second-order valence-electron chi connectivity index (χ2n) is 7.23. The molecule has 156 valence electrons. The maximum atomic E-state index is 12.1. The number of anilines is 2. The Kier molecular flexibility index (Phi) is 6.11. The molecule has 0 aliphatic carbocycles. The van der Waals surface area contributed by atoms with Gasteiger partial charge in [-0.3, -0.25) is 4.55 Å². The standard InChI is InChI=1S/C25H21NO4S/c27-25(28)21-11-7-18(8-12-21)5-6-19-9-14-23(15-10-19)26(31(29)30)24-16-13-20-3-1-2-4-22(20)17-24/h1-4,7-17H,5-6H2,(H,27,28)(H,29,30). The van der Waals surface area contributed by atoms with Gasteiger partial charge in [0.15, 0.2) is 0 Å². The number of benzene rings is 4. The second-order valence-corrected chi connectivity index (χ2v) is 8.05. The molecular formula is C25H21NO4S. The van der Waals surface area contributed by atoms with Crippen LogP contribution in [0.4, 0.5) is 11.4 Å². The fourth-order valence-corrected chi connectivity index (χ4v) is 4.13. The third kappa shape index (κ3) is 4.82. The third-order valence-corrected chi connectivity index (χ3v) is 5.93. The van der Waals surface area contributed by atoms with Crippen LogP contribution in [0.3, 0.4) is 0 Å². The Bertz CT molecular complexity index is 1240. The van der Waals surface area contributed by atoms with Gasteiger partial charge in [-0.1, -0.05) is 54.6 Å². The fraction of sp³-hybridized carbons (Fsp3) is 0.0800. The van der Waals surface area contributed by atoms with Crippen molar-refractivity contribution in [2.75, 3.05) is 4.31 Å². The average molecular weight is 432 g/mol. The number of fused-ring (bicyclic) bond motifs is 1. The molecule has 0 aliphatic rings. The minimum absolute atomic E-state index is 0.277. The summed E-state index contributed by atoms with van der Waals surface area (Å²) in [4.78, 5) is 10.9. The molecule has 0 radical (unpaired) electrons. The Morgan fingerprint density at radius 2 is 1.29 bits per heavy atom. The minimum atomic E-state index is -2.21. The number of nitrogens with zero attached hydrogens (tertiary/aromatic N) is 1. The van der Waals surface area contributed by atoms with Crippen molar-refractivity contribution in [1.82, 2.24) is 0 Å². The van der Waals surface area contributed by atoms with Crippen LogP contribution >= 0.6 is 0 Å². The molecule has 31 heavy (non-hydrogen) atoms. The molecule has 5 nitrogen and oxygen atoms in total. The maximum Gasteiger partial charge on any atom is 0.335 e. The zero-order chi connectivity index (χ0) is 21.8. The Morgan fingerprint density at radius 1 is 0.742 bits per heavy atom. The van der Waals surface area contributed by atoms with Gasteiger partial charge in [0, 0.05) is 0 Å². The first kappa shape index (κ1) is 20.8. The normalized spacial score (nSPS) is 11.9. The molecule has 1 atom stereocenters. The summed E-state index contributed by atoms with van der Waals surface area (Å²) in [5.41, 5.74) is 3.70. The Morgan fingerprint density at radius 3 is 1.87 bits per heavy atom. The van der Waals surface area contributed by atoms with Gasteiger partial charge >= 0.3 is 5.97 Å². The largest absolute Gasteiger partial charge is 0.478 e. The molecule has 0 spiro atoms. The van der Waals surface area contributed by atoms with Crippen LogP contribution < -0.4 is 4.31 Å². The quantitative estimate of drug-likeness (QED) is 0.374. The average Bonchev–Trinajstić information content (AvgIpc) is 2.78. The number of aromatic carboxylic acids is 1. The van der Waals surface area contributed by atoms with E-state index in [1.165, 1.54) is 4.31 Å². The molecule has 0 aromatic heterocycles. The van der Waals surface area contributed by atoms with Gasteiger partial charge in [-0.2, -0.15) is 0 Å². The van der Waals surface area contributed by atoms with Crippen molar-refractivity contribution < 1.29 is 18.7 Å².